The number of hydrogen-bond acceptors (Lipinski definition) is 2. The topological polar surface area (TPSA) is 26.3 Å². The van der Waals surface area contributed by atoms with Gasteiger partial charge in [-0.2, -0.15) is 0 Å². The van der Waals surface area contributed by atoms with Crippen LogP contribution in [0.2, 0.25) is 0 Å². The fourth-order valence-electron chi connectivity index (χ4n) is 0.719. The zero-order valence-corrected chi connectivity index (χ0v) is 6.85. The molecule has 3 heteroatoms. The van der Waals surface area contributed by atoms with Crippen LogP contribution in [0.1, 0.15) is 12.8 Å². The van der Waals surface area contributed by atoms with Gasteiger partial charge in [0.05, 0.1) is 7.11 Å². The third-order valence-electron chi connectivity index (χ3n) is 1.49. The molecule has 0 aromatic heterocycles. The third kappa shape index (κ3) is 1.97. The molecule has 0 bridgehead atoms. The van der Waals surface area contributed by atoms with Crippen LogP contribution in [0.3, 0.4) is 0 Å². The minimum absolute atomic E-state index is 0.0954. The molecule has 1 aliphatic rings. The highest BCUT2D eigenvalue weighted by atomic mass is 79.9. The summed E-state index contributed by atoms with van der Waals surface area (Å²) in [5, 5.41) is 0. The van der Waals surface area contributed by atoms with Crippen LogP contribution in [0, 0.1) is 5.92 Å². The summed E-state index contributed by atoms with van der Waals surface area (Å²) >= 11 is 3.40. The predicted molar refractivity (Wildman–Crippen MR) is 37.5 cm³/mol. The Morgan fingerprint density at radius 1 is 1.89 bits per heavy atom. The maximum Gasteiger partial charge on any atom is 0.305 e. The SMILES string of the molecule is COC(=O)CC1CC1Br. The molecule has 0 heterocycles. The number of alkyl halides is 1. The normalized spacial score (nSPS) is 31.8. The number of ether oxygens (including phenoxy) is 1. The molecular formula is C6H9BrO2. The number of carbonyl (C=O) groups excluding carboxylic acids is 1. The summed E-state index contributed by atoms with van der Waals surface area (Å²) in [5.41, 5.74) is 0. The molecule has 0 radical (unpaired) electrons. The fourth-order valence-corrected chi connectivity index (χ4v) is 1.39. The summed E-state index contributed by atoms with van der Waals surface area (Å²) in [6, 6.07) is 0. The molecule has 0 aromatic carbocycles. The van der Waals surface area contributed by atoms with Crippen LogP contribution in [0.5, 0.6) is 0 Å². The number of halogens is 1. The van der Waals surface area contributed by atoms with Crippen LogP contribution in [0.4, 0.5) is 0 Å². The molecule has 52 valence electrons. The van der Waals surface area contributed by atoms with Crippen molar-refractivity contribution < 1.29 is 9.53 Å². The van der Waals surface area contributed by atoms with Crippen LogP contribution < -0.4 is 0 Å². The third-order valence-corrected chi connectivity index (χ3v) is 2.61. The lowest BCUT2D eigenvalue weighted by molar-refractivity contribution is -0.140. The molecule has 0 N–H and O–H groups in total. The lowest BCUT2D eigenvalue weighted by atomic mass is 10.3. The van der Waals surface area contributed by atoms with Crippen LogP contribution in [0.15, 0.2) is 0 Å². The summed E-state index contributed by atoms with van der Waals surface area (Å²) in [6.45, 7) is 0. The number of esters is 1. The van der Waals surface area contributed by atoms with E-state index in [1.165, 1.54) is 7.11 Å². The Morgan fingerprint density at radius 2 is 2.44 bits per heavy atom. The van der Waals surface area contributed by atoms with Crippen molar-refractivity contribution in [3.63, 3.8) is 0 Å². The predicted octanol–water partition coefficient (Wildman–Crippen LogP) is 1.33. The summed E-state index contributed by atoms with van der Waals surface area (Å²) in [6.07, 6.45) is 1.70. The molecule has 2 nitrogen and oxygen atoms in total. The van der Waals surface area contributed by atoms with E-state index in [1.54, 1.807) is 0 Å². The van der Waals surface area contributed by atoms with Crippen molar-refractivity contribution >= 4 is 21.9 Å². The molecular weight excluding hydrogens is 184 g/mol. The first kappa shape index (κ1) is 7.06. The molecule has 2 unspecified atom stereocenters. The Labute approximate surface area is 62.7 Å². The van der Waals surface area contributed by atoms with Gasteiger partial charge in [0, 0.05) is 11.2 Å². The molecule has 0 saturated heterocycles. The highest BCUT2D eigenvalue weighted by molar-refractivity contribution is 9.09. The standard InChI is InChI=1S/C6H9BrO2/c1-9-6(8)3-4-2-5(4)7/h4-5H,2-3H2,1H3. The largest absolute Gasteiger partial charge is 0.469 e. The van der Waals surface area contributed by atoms with Gasteiger partial charge in [0.15, 0.2) is 0 Å². The average molecular weight is 193 g/mol. The maximum atomic E-state index is 10.6. The molecule has 1 rings (SSSR count). The van der Waals surface area contributed by atoms with Crippen molar-refractivity contribution in [3.8, 4) is 0 Å². The molecule has 1 aliphatic carbocycles. The number of hydrogen-bond donors (Lipinski definition) is 0. The van der Waals surface area contributed by atoms with Gasteiger partial charge in [0.1, 0.15) is 0 Å². The van der Waals surface area contributed by atoms with E-state index in [0.29, 0.717) is 17.2 Å². The molecule has 0 spiro atoms. The van der Waals surface area contributed by atoms with Crippen LogP contribution in [0.25, 0.3) is 0 Å². The Kier molecular flexibility index (Phi) is 2.11. The van der Waals surface area contributed by atoms with E-state index >= 15 is 0 Å². The van der Waals surface area contributed by atoms with Crippen molar-refractivity contribution in [2.45, 2.75) is 17.7 Å². The first-order chi connectivity index (χ1) is 4.24. The molecule has 0 amide bonds. The van der Waals surface area contributed by atoms with E-state index in [-0.39, 0.29) is 5.97 Å². The summed E-state index contributed by atoms with van der Waals surface area (Å²) in [7, 11) is 1.42. The van der Waals surface area contributed by atoms with Gasteiger partial charge in [-0.3, -0.25) is 4.79 Å². The van der Waals surface area contributed by atoms with E-state index < -0.39 is 0 Å². The maximum absolute atomic E-state index is 10.6. The smallest absolute Gasteiger partial charge is 0.305 e. The van der Waals surface area contributed by atoms with Gasteiger partial charge >= 0.3 is 5.97 Å². The van der Waals surface area contributed by atoms with Crippen LogP contribution >= 0.6 is 15.9 Å². The Hall–Kier alpha value is -0.0500. The van der Waals surface area contributed by atoms with E-state index in [2.05, 4.69) is 20.7 Å². The highest BCUT2D eigenvalue weighted by Crippen LogP contribution is 2.40. The van der Waals surface area contributed by atoms with E-state index in [4.69, 9.17) is 0 Å². The monoisotopic (exact) mass is 192 g/mol. The second-order valence-corrected chi connectivity index (χ2v) is 3.47. The second-order valence-electron chi connectivity index (χ2n) is 2.29. The molecule has 1 fully saturated rings. The van der Waals surface area contributed by atoms with E-state index in [1.807, 2.05) is 0 Å². The molecule has 1 saturated carbocycles. The van der Waals surface area contributed by atoms with E-state index in [9.17, 15) is 4.79 Å². The minimum atomic E-state index is -0.0954. The number of methoxy groups -OCH3 is 1. The van der Waals surface area contributed by atoms with Gasteiger partial charge in [0.2, 0.25) is 0 Å². The fraction of sp³-hybridized carbons (Fsp3) is 0.833. The van der Waals surface area contributed by atoms with Gasteiger partial charge < -0.3 is 4.74 Å². The molecule has 2 atom stereocenters. The summed E-state index contributed by atoms with van der Waals surface area (Å²) in [4.78, 5) is 11.1. The lowest BCUT2D eigenvalue weighted by Gasteiger charge is -1.93. The van der Waals surface area contributed by atoms with Crippen molar-refractivity contribution in [2.24, 2.45) is 5.92 Å². The van der Waals surface area contributed by atoms with Gasteiger partial charge in [-0.05, 0) is 12.3 Å². The zero-order chi connectivity index (χ0) is 6.85. The molecule has 9 heavy (non-hydrogen) atoms. The van der Waals surface area contributed by atoms with Crippen molar-refractivity contribution in [2.75, 3.05) is 7.11 Å². The Bertz CT molecular complexity index is 124. The molecule has 0 aliphatic heterocycles. The quantitative estimate of drug-likeness (QED) is 0.488. The highest BCUT2D eigenvalue weighted by Gasteiger charge is 2.36. The van der Waals surface area contributed by atoms with Crippen molar-refractivity contribution in [1.82, 2.24) is 0 Å². The van der Waals surface area contributed by atoms with Crippen molar-refractivity contribution in [3.05, 3.63) is 0 Å². The van der Waals surface area contributed by atoms with Gasteiger partial charge in [0.25, 0.3) is 0 Å². The number of carbonyl (C=O) groups is 1. The number of rotatable bonds is 2. The van der Waals surface area contributed by atoms with Crippen LogP contribution in [-0.4, -0.2) is 17.9 Å². The van der Waals surface area contributed by atoms with E-state index in [0.717, 1.165) is 6.42 Å². The lowest BCUT2D eigenvalue weighted by Crippen LogP contribution is -2.01. The van der Waals surface area contributed by atoms with Gasteiger partial charge in [-0.1, -0.05) is 15.9 Å². The summed E-state index contributed by atoms with van der Waals surface area (Å²) in [5.74, 6) is 0.444. The second kappa shape index (κ2) is 2.69. The Morgan fingerprint density at radius 3 is 2.78 bits per heavy atom. The Balaban J connectivity index is 2.12. The van der Waals surface area contributed by atoms with Crippen molar-refractivity contribution in [1.29, 1.82) is 0 Å². The van der Waals surface area contributed by atoms with Gasteiger partial charge in [-0.15, -0.1) is 0 Å². The molecule has 0 aromatic rings. The average Bonchev–Trinajstić information content (AvgIpc) is 2.47. The zero-order valence-electron chi connectivity index (χ0n) is 5.26. The summed E-state index contributed by atoms with van der Waals surface area (Å²) < 4.78 is 4.49. The van der Waals surface area contributed by atoms with Crippen LogP contribution in [-0.2, 0) is 9.53 Å². The minimum Gasteiger partial charge on any atom is -0.469 e. The first-order valence-electron chi connectivity index (χ1n) is 2.95. The first-order valence-corrected chi connectivity index (χ1v) is 3.86. The van der Waals surface area contributed by atoms with Gasteiger partial charge in [-0.25, -0.2) is 0 Å².